The first-order valence-corrected chi connectivity index (χ1v) is 6.09. The number of carbonyl (C=O) groups is 2. The van der Waals surface area contributed by atoms with E-state index in [1.165, 1.54) is 6.08 Å². The van der Waals surface area contributed by atoms with Gasteiger partial charge in [-0.15, -0.1) is 0 Å². The summed E-state index contributed by atoms with van der Waals surface area (Å²) in [6.45, 7) is 5.27. The summed E-state index contributed by atoms with van der Waals surface area (Å²) in [5.41, 5.74) is 1.54. The van der Waals surface area contributed by atoms with Gasteiger partial charge < -0.3 is 15.4 Å². The minimum absolute atomic E-state index is 0.114. The van der Waals surface area contributed by atoms with E-state index in [1.54, 1.807) is 31.5 Å². The third-order valence-corrected chi connectivity index (χ3v) is 2.84. The van der Waals surface area contributed by atoms with Gasteiger partial charge in [0.2, 0.25) is 0 Å². The Balaban J connectivity index is 2.36. The van der Waals surface area contributed by atoms with Crippen molar-refractivity contribution in [3.8, 4) is 0 Å². The van der Waals surface area contributed by atoms with Gasteiger partial charge in [0.15, 0.2) is 0 Å². The number of nitrogens with zero attached hydrogens (tertiary/aromatic N) is 1. The molecule has 6 nitrogen and oxygen atoms in total. The first kappa shape index (κ1) is 13.8. The molecule has 2 amide bonds. The number of hydrogen-bond donors (Lipinski definition) is 2. The van der Waals surface area contributed by atoms with E-state index in [0.29, 0.717) is 16.8 Å². The first-order valence-electron chi connectivity index (χ1n) is 6.09. The average molecular weight is 273 g/mol. The molecule has 1 atom stereocenters. The molecule has 6 heteroatoms. The van der Waals surface area contributed by atoms with Crippen LogP contribution in [0.1, 0.15) is 18.5 Å². The fourth-order valence-electron chi connectivity index (χ4n) is 1.97. The van der Waals surface area contributed by atoms with Gasteiger partial charge in [0.05, 0.1) is 11.6 Å². The largest absolute Gasteiger partial charge is 0.458 e. The number of aromatic nitrogens is 1. The number of pyridine rings is 1. The van der Waals surface area contributed by atoms with Crippen molar-refractivity contribution in [2.24, 2.45) is 0 Å². The van der Waals surface area contributed by atoms with Crippen molar-refractivity contribution in [3.05, 3.63) is 54.0 Å². The number of esters is 1. The highest BCUT2D eigenvalue weighted by Crippen LogP contribution is 2.26. The van der Waals surface area contributed by atoms with E-state index in [0.717, 1.165) is 0 Å². The topological polar surface area (TPSA) is 80.3 Å². The zero-order valence-electron chi connectivity index (χ0n) is 11.1. The Morgan fingerprint density at radius 3 is 3.05 bits per heavy atom. The van der Waals surface area contributed by atoms with Gasteiger partial charge in [-0.05, 0) is 18.6 Å². The Morgan fingerprint density at radius 1 is 1.60 bits per heavy atom. The van der Waals surface area contributed by atoms with E-state index in [-0.39, 0.29) is 12.6 Å². The molecule has 1 aliphatic rings. The molecular weight excluding hydrogens is 258 g/mol. The van der Waals surface area contributed by atoms with Gasteiger partial charge in [0.25, 0.3) is 0 Å². The third-order valence-electron chi connectivity index (χ3n) is 2.84. The number of rotatable bonds is 4. The second-order valence-corrected chi connectivity index (χ2v) is 4.24. The molecule has 2 heterocycles. The van der Waals surface area contributed by atoms with Crippen LogP contribution in [0.4, 0.5) is 4.79 Å². The minimum atomic E-state index is -0.574. The summed E-state index contributed by atoms with van der Waals surface area (Å²) in [7, 11) is 0. The van der Waals surface area contributed by atoms with Crippen molar-refractivity contribution in [1.29, 1.82) is 0 Å². The summed E-state index contributed by atoms with van der Waals surface area (Å²) >= 11 is 0. The van der Waals surface area contributed by atoms with Crippen LogP contribution in [0, 0.1) is 0 Å². The van der Waals surface area contributed by atoms with Crippen LogP contribution in [0.3, 0.4) is 0 Å². The Kier molecular flexibility index (Phi) is 4.14. The van der Waals surface area contributed by atoms with Crippen LogP contribution < -0.4 is 10.6 Å². The van der Waals surface area contributed by atoms with Crippen LogP contribution in [0.25, 0.3) is 0 Å². The fraction of sp³-hybridized carbons (Fsp3) is 0.214. The van der Waals surface area contributed by atoms with E-state index < -0.39 is 12.0 Å². The smallest absolute Gasteiger partial charge is 0.338 e. The van der Waals surface area contributed by atoms with Crippen molar-refractivity contribution in [1.82, 2.24) is 15.6 Å². The van der Waals surface area contributed by atoms with Crippen LogP contribution in [0.15, 0.2) is 48.5 Å². The van der Waals surface area contributed by atoms with Gasteiger partial charge in [-0.25, -0.2) is 9.59 Å². The molecule has 0 aliphatic carbocycles. The van der Waals surface area contributed by atoms with Crippen LogP contribution >= 0.6 is 0 Å². The lowest BCUT2D eigenvalue weighted by Gasteiger charge is -2.27. The van der Waals surface area contributed by atoms with Crippen molar-refractivity contribution >= 4 is 12.0 Å². The standard InChI is InChI=1S/C14H15N3O3/c1-3-7-20-13(18)11-9(2)16-14(19)17-12(11)10-5-4-6-15-8-10/h3-6,8,12H,1,7H2,2H3,(H2,16,17,19)/t12-/m1/s1. The molecule has 104 valence electrons. The SMILES string of the molecule is C=CCOC(=O)C1=C(C)NC(=O)N[C@@H]1c1cccnc1. The van der Waals surface area contributed by atoms with Gasteiger partial charge >= 0.3 is 12.0 Å². The monoisotopic (exact) mass is 273 g/mol. The fourth-order valence-corrected chi connectivity index (χ4v) is 1.97. The van der Waals surface area contributed by atoms with Crippen LogP contribution in [-0.4, -0.2) is 23.6 Å². The molecule has 1 aromatic rings. The van der Waals surface area contributed by atoms with Crippen LogP contribution in [0.5, 0.6) is 0 Å². The Hall–Kier alpha value is -2.63. The molecule has 0 saturated carbocycles. The number of ether oxygens (including phenoxy) is 1. The maximum atomic E-state index is 12.1. The van der Waals surface area contributed by atoms with E-state index in [1.807, 2.05) is 0 Å². The molecule has 0 bridgehead atoms. The third kappa shape index (κ3) is 2.85. The van der Waals surface area contributed by atoms with Crippen molar-refractivity contribution < 1.29 is 14.3 Å². The van der Waals surface area contributed by atoms with Gasteiger partial charge in [0, 0.05) is 18.1 Å². The molecule has 1 aromatic heterocycles. The number of hydrogen-bond acceptors (Lipinski definition) is 4. The molecule has 2 N–H and O–H groups in total. The van der Waals surface area contributed by atoms with Gasteiger partial charge in [-0.3, -0.25) is 4.98 Å². The average Bonchev–Trinajstić information content (AvgIpc) is 2.45. The minimum Gasteiger partial charge on any atom is -0.458 e. The van der Waals surface area contributed by atoms with E-state index in [4.69, 9.17) is 4.74 Å². The van der Waals surface area contributed by atoms with Gasteiger partial charge in [-0.2, -0.15) is 0 Å². The number of nitrogens with one attached hydrogen (secondary N) is 2. The van der Waals surface area contributed by atoms with Crippen molar-refractivity contribution in [2.75, 3.05) is 6.61 Å². The zero-order chi connectivity index (χ0) is 14.5. The molecule has 0 radical (unpaired) electrons. The van der Waals surface area contributed by atoms with Gasteiger partial charge in [-0.1, -0.05) is 18.7 Å². The number of amides is 2. The second kappa shape index (κ2) is 6.01. The zero-order valence-corrected chi connectivity index (χ0v) is 11.1. The lowest BCUT2D eigenvalue weighted by atomic mass is 9.97. The molecule has 0 aromatic carbocycles. The van der Waals surface area contributed by atoms with E-state index in [9.17, 15) is 9.59 Å². The molecule has 0 spiro atoms. The van der Waals surface area contributed by atoms with E-state index >= 15 is 0 Å². The first-order chi connectivity index (χ1) is 9.63. The predicted molar refractivity (Wildman–Crippen MR) is 72.5 cm³/mol. The molecule has 0 saturated heterocycles. The van der Waals surface area contributed by atoms with Crippen molar-refractivity contribution in [3.63, 3.8) is 0 Å². The normalized spacial score (nSPS) is 18.1. The van der Waals surface area contributed by atoms with E-state index in [2.05, 4.69) is 22.2 Å². The second-order valence-electron chi connectivity index (χ2n) is 4.24. The Bertz CT molecular complexity index is 566. The maximum absolute atomic E-state index is 12.1. The van der Waals surface area contributed by atoms with Crippen LogP contribution in [0.2, 0.25) is 0 Å². The number of urea groups is 1. The van der Waals surface area contributed by atoms with Crippen LogP contribution in [-0.2, 0) is 9.53 Å². The summed E-state index contributed by atoms with van der Waals surface area (Å²) < 4.78 is 5.06. The molecule has 0 fully saturated rings. The summed E-state index contributed by atoms with van der Waals surface area (Å²) in [6, 6.07) is 2.59. The summed E-state index contributed by atoms with van der Waals surface area (Å²) in [5, 5.41) is 5.26. The highest BCUT2D eigenvalue weighted by atomic mass is 16.5. The molecule has 2 rings (SSSR count). The number of carbonyl (C=O) groups excluding carboxylic acids is 2. The van der Waals surface area contributed by atoms with Crippen molar-refractivity contribution in [2.45, 2.75) is 13.0 Å². The number of allylic oxidation sites excluding steroid dienone is 1. The molecule has 0 unspecified atom stereocenters. The quantitative estimate of drug-likeness (QED) is 0.642. The molecular formula is C14H15N3O3. The Labute approximate surface area is 116 Å². The molecule has 1 aliphatic heterocycles. The molecule has 20 heavy (non-hydrogen) atoms. The summed E-state index contributed by atoms with van der Waals surface area (Å²) in [6.07, 6.45) is 4.71. The Morgan fingerprint density at radius 2 is 2.40 bits per heavy atom. The van der Waals surface area contributed by atoms with Gasteiger partial charge in [0.1, 0.15) is 6.61 Å². The lowest BCUT2D eigenvalue weighted by Crippen LogP contribution is -2.45. The predicted octanol–water partition coefficient (Wildman–Crippen LogP) is 1.44. The highest BCUT2D eigenvalue weighted by molar-refractivity contribution is 5.95. The summed E-state index contributed by atoms with van der Waals surface area (Å²) in [5.74, 6) is -0.497. The maximum Gasteiger partial charge on any atom is 0.338 e. The summed E-state index contributed by atoms with van der Waals surface area (Å²) in [4.78, 5) is 27.7. The lowest BCUT2D eigenvalue weighted by molar-refractivity contribution is -0.138. The highest BCUT2D eigenvalue weighted by Gasteiger charge is 2.32.